The number of nitrogens with two attached hydrogens (primary N) is 1. The van der Waals surface area contributed by atoms with Crippen molar-refractivity contribution in [1.82, 2.24) is 40.0 Å². The fourth-order valence-corrected chi connectivity index (χ4v) is 6.11. The van der Waals surface area contributed by atoms with Gasteiger partial charge in [0, 0.05) is 49.9 Å². The average Bonchev–Trinajstić information content (AvgIpc) is 3.70. The molecule has 5 heterocycles. The molecule has 13 nitrogen and oxygen atoms in total. The van der Waals surface area contributed by atoms with E-state index < -0.39 is 11.9 Å². The summed E-state index contributed by atoms with van der Waals surface area (Å²) in [6.07, 6.45) is 9.45. The second-order valence-corrected chi connectivity index (χ2v) is 11.3. The number of carbonyl (C=O) groups excluding carboxylic acids is 3. The molecule has 1 aromatic carbocycles. The number of benzene rings is 1. The number of carbonyl (C=O) groups is 3. The second kappa shape index (κ2) is 11.2. The number of likely N-dealkylation sites (tertiary alicyclic amines) is 1. The van der Waals surface area contributed by atoms with Gasteiger partial charge in [-0.3, -0.25) is 23.7 Å². The van der Waals surface area contributed by atoms with Gasteiger partial charge in [-0.05, 0) is 48.9 Å². The highest BCUT2D eigenvalue weighted by Crippen LogP contribution is 2.28. The smallest absolute Gasteiger partial charge is 0.269 e. The lowest BCUT2D eigenvalue weighted by atomic mass is 10.0. The second-order valence-electron chi connectivity index (χ2n) is 11.3. The first-order chi connectivity index (χ1) is 20.3. The SMILES string of the molecule is C[C@@H]1C[C@@H](C(=O)NC2CCCN(c3cnn(C)c3)C2)N(C(=O)Cn2nc(C(N)=O)c3cc(-c4ccnnc4)ccc32)C1. The number of nitrogens with one attached hydrogen (secondary N) is 1. The summed E-state index contributed by atoms with van der Waals surface area (Å²) in [5.74, 6) is -0.876. The Kier molecular flexibility index (Phi) is 7.31. The zero-order valence-electron chi connectivity index (χ0n) is 23.7. The highest BCUT2D eigenvalue weighted by atomic mass is 16.2. The molecule has 2 fully saturated rings. The first-order valence-corrected chi connectivity index (χ1v) is 14.2. The molecule has 1 unspecified atom stereocenters. The van der Waals surface area contributed by atoms with Crippen LogP contribution in [0.5, 0.6) is 0 Å². The Morgan fingerprint density at radius 2 is 1.95 bits per heavy atom. The highest BCUT2D eigenvalue weighted by molar-refractivity contribution is 6.05. The number of amides is 3. The molecule has 0 aliphatic carbocycles. The monoisotopic (exact) mass is 570 g/mol. The van der Waals surface area contributed by atoms with Crippen molar-refractivity contribution in [3.8, 4) is 11.1 Å². The van der Waals surface area contributed by atoms with Gasteiger partial charge in [0.25, 0.3) is 5.91 Å². The van der Waals surface area contributed by atoms with Crippen molar-refractivity contribution < 1.29 is 14.4 Å². The molecule has 4 aromatic rings. The van der Waals surface area contributed by atoms with Crippen molar-refractivity contribution in [3.05, 3.63) is 54.7 Å². The fourth-order valence-electron chi connectivity index (χ4n) is 6.11. The number of aryl methyl sites for hydroxylation is 1. The van der Waals surface area contributed by atoms with Gasteiger partial charge in [-0.2, -0.15) is 20.4 Å². The molecule has 0 radical (unpaired) electrons. The van der Waals surface area contributed by atoms with Crippen molar-refractivity contribution in [3.63, 3.8) is 0 Å². The van der Waals surface area contributed by atoms with Gasteiger partial charge in [0.15, 0.2) is 5.69 Å². The molecule has 0 saturated carbocycles. The minimum absolute atomic E-state index is 0.0164. The Morgan fingerprint density at radius 1 is 1.10 bits per heavy atom. The first kappa shape index (κ1) is 27.4. The highest BCUT2D eigenvalue weighted by Gasteiger charge is 2.39. The Balaban J connectivity index is 1.18. The number of piperidine rings is 1. The van der Waals surface area contributed by atoms with Crippen LogP contribution in [0.2, 0.25) is 0 Å². The molecular weight excluding hydrogens is 536 g/mol. The largest absolute Gasteiger partial charge is 0.367 e. The Bertz CT molecular complexity index is 1630. The number of nitrogens with zero attached hydrogens (tertiary/aromatic N) is 8. The van der Waals surface area contributed by atoms with E-state index in [1.165, 1.54) is 4.68 Å². The van der Waals surface area contributed by atoms with Crippen molar-refractivity contribution in [2.75, 3.05) is 24.5 Å². The maximum atomic E-state index is 13.7. The average molecular weight is 571 g/mol. The molecule has 3 aromatic heterocycles. The molecule has 0 spiro atoms. The normalized spacial score (nSPS) is 20.7. The van der Waals surface area contributed by atoms with E-state index in [1.54, 1.807) is 22.0 Å². The van der Waals surface area contributed by atoms with Gasteiger partial charge >= 0.3 is 0 Å². The molecule has 3 amide bonds. The summed E-state index contributed by atoms with van der Waals surface area (Å²) in [4.78, 5) is 43.3. The van der Waals surface area contributed by atoms with Crippen LogP contribution >= 0.6 is 0 Å². The number of hydrogen-bond acceptors (Lipinski definition) is 8. The molecule has 2 saturated heterocycles. The molecule has 2 aliphatic rings. The molecule has 42 heavy (non-hydrogen) atoms. The standard InChI is InChI=1S/C29H34N10O3/c1-18-10-25(29(42)34-21-4-3-9-37(15-21)22-13-33-36(2)16-22)38(14-18)26(40)17-39-24-6-5-19(20-7-8-31-32-12-20)11-23(24)27(35-39)28(30)41/h5-8,11-13,16,18,21,25H,3-4,9-10,14-15,17H2,1-2H3,(H2,30,41)(H,34,42)/t18-,21?,25+/m1/s1. The summed E-state index contributed by atoms with van der Waals surface area (Å²) < 4.78 is 3.27. The third kappa shape index (κ3) is 5.41. The minimum Gasteiger partial charge on any atom is -0.367 e. The van der Waals surface area contributed by atoms with Crippen molar-refractivity contribution in [1.29, 1.82) is 0 Å². The van der Waals surface area contributed by atoms with Crippen molar-refractivity contribution >= 4 is 34.3 Å². The van der Waals surface area contributed by atoms with E-state index in [2.05, 4.69) is 30.6 Å². The summed E-state index contributed by atoms with van der Waals surface area (Å²) in [6, 6.07) is 6.73. The van der Waals surface area contributed by atoms with Gasteiger partial charge in [0.1, 0.15) is 12.6 Å². The van der Waals surface area contributed by atoms with E-state index in [0.29, 0.717) is 30.4 Å². The molecule has 3 N–H and O–H groups in total. The van der Waals surface area contributed by atoms with E-state index in [-0.39, 0.29) is 36.0 Å². The van der Waals surface area contributed by atoms with Crippen LogP contribution in [0.15, 0.2) is 49.1 Å². The quantitative estimate of drug-likeness (QED) is 0.337. The summed E-state index contributed by atoms with van der Waals surface area (Å²) in [7, 11) is 1.89. The van der Waals surface area contributed by atoms with Crippen LogP contribution in [0.1, 0.15) is 36.7 Å². The predicted molar refractivity (Wildman–Crippen MR) is 155 cm³/mol. The van der Waals surface area contributed by atoms with Gasteiger partial charge in [-0.1, -0.05) is 13.0 Å². The van der Waals surface area contributed by atoms with Gasteiger partial charge < -0.3 is 20.9 Å². The van der Waals surface area contributed by atoms with Crippen LogP contribution < -0.4 is 16.0 Å². The molecule has 0 bridgehead atoms. The fraction of sp³-hybridized carbons (Fsp3) is 0.414. The summed E-state index contributed by atoms with van der Waals surface area (Å²) in [6.45, 7) is 4.01. The van der Waals surface area contributed by atoms with Gasteiger partial charge in [0.05, 0.1) is 29.8 Å². The zero-order chi connectivity index (χ0) is 29.4. The topological polar surface area (TPSA) is 157 Å². The number of anilines is 1. The molecule has 2 aliphatic heterocycles. The van der Waals surface area contributed by atoms with E-state index in [9.17, 15) is 14.4 Å². The third-order valence-electron chi connectivity index (χ3n) is 8.14. The summed E-state index contributed by atoms with van der Waals surface area (Å²) in [5.41, 5.74) is 9.03. The number of aromatic nitrogens is 6. The number of fused-ring (bicyclic) bond motifs is 1. The van der Waals surface area contributed by atoms with E-state index in [0.717, 1.165) is 36.2 Å². The van der Waals surface area contributed by atoms with Gasteiger partial charge in [-0.25, -0.2) is 0 Å². The minimum atomic E-state index is -0.684. The number of rotatable bonds is 7. The predicted octanol–water partition coefficient (Wildman–Crippen LogP) is 1.35. The Morgan fingerprint density at radius 3 is 2.69 bits per heavy atom. The van der Waals surface area contributed by atoms with Crippen molar-refractivity contribution in [2.24, 2.45) is 18.7 Å². The first-order valence-electron chi connectivity index (χ1n) is 14.2. The third-order valence-corrected chi connectivity index (χ3v) is 8.14. The Labute approximate surface area is 242 Å². The maximum absolute atomic E-state index is 13.7. The zero-order valence-corrected chi connectivity index (χ0v) is 23.7. The molecule has 13 heteroatoms. The molecule has 3 atom stereocenters. The van der Waals surface area contributed by atoms with Gasteiger partial charge in [0.2, 0.25) is 11.8 Å². The lowest BCUT2D eigenvalue weighted by Crippen LogP contribution is -2.53. The van der Waals surface area contributed by atoms with Crippen LogP contribution in [0.4, 0.5) is 5.69 Å². The van der Waals surface area contributed by atoms with Crippen LogP contribution in [-0.2, 0) is 23.2 Å². The van der Waals surface area contributed by atoms with Gasteiger partial charge in [-0.15, -0.1) is 0 Å². The number of hydrogen-bond donors (Lipinski definition) is 2. The lowest BCUT2D eigenvalue weighted by molar-refractivity contribution is -0.139. The van der Waals surface area contributed by atoms with E-state index in [1.807, 2.05) is 50.6 Å². The molecule has 6 rings (SSSR count). The number of primary amides is 1. The van der Waals surface area contributed by atoms with Crippen LogP contribution in [-0.4, -0.2) is 84.1 Å². The van der Waals surface area contributed by atoms with E-state index >= 15 is 0 Å². The van der Waals surface area contributed by atoms with Crippen LogP contribution in [0.25, 0.3) is 22.0 Å². The summed E-state index contributed by atoms with van der Waals surface area (Å²) in [5, 5.41) is 20.2. The summed E-state index contributed by atoms with van der Waals surface area (Å²) >= 11 is 0. The Hall–Kier alpha value is -4.81. The van der Waals surface area contributed by atoms with Crippen LogP contribution in [0.3, 0.4) is 0 Å². The molecule has 218 valence electrons. The molecular formula is C29H34N10O3. The van der Waals surface area contributed by atoms with Crippen LogP contribution in [0, 0.1) is 5.92 Å². The van der Waals surface area contributed by atoms with Crippen molar-refractivity contribution in [2.45, 2.75) is 44.8 Å². The lowest BCUT2D eigenvalue weighted by Gasteiger charge is -2.35. The van der Waals surface area contributed by atoms with E-state index in [4.69, 9.17) is 5.73 Å². The maximum Gasteiger partial charge on any atom is 0.269 e.